The lowest BCUT2D eigenvalue weighted by atomic mass is 10.0. The van der Waals surface area contributed by atoms with Crippen LogP contribution < -0.4 is 4.72 Å². The summed E-state index contributed by atoms with van der Waals surface area (Å²) in [7, 11) is -3.68. The van der Waals surface area contributed by atoms with Crippen LogP contribution in [0.25, 0.3) is 16.9 Å². The molecule has 1 heterocycles. The first kappa shape index (κ1) is 22.8. The van der Waals surface area contributed by atoms with E-state index in [1.54, 1.807) is 30.5 Å². The fourth-order valence-corrected chi connectivity index (χ4v) is 3.53. The summed E-state index contributed by atoms with van der Waals surface area (Å²) in [6, 6.07) is 11.3. The molecule has 0 saturated carbocycles. The molecule has 0 bridgehead atoms. The molecule has 1 aromatic heterocycles. The summed E-state index contributed by atoms with van der Waals surface area (Å²) in [4.78, 5) is 11.9. The van der Waals surface area contributed by atoms with E-state index in [0.29, 0.717) is 27.5 Å². The standard InChI is InChI=1S/C20H17ClF3N3O3S/c1-31(29,30)26-18(28)11-4-14-12-27(17-9-5-15(6-10-17)20(22,23)24)25-19(14)13-2-7-16(21)8-3-13/h2-3,5-10,12H,4,11H2,1H3,(H,26,28). The van der Waals surface area contributed by atoms with Gasteiger partial charge < -0.3 is 0 Å². The van der Waals surface area contributed by atoms with Gasteiger partial charge in [0.15, 0.2) is 0 Å². The van der Waals surface area contributed by atoms with Crippen LogP contribution in [0.3, 0.4) is 0 Å². The molecule has 0 spiro atoms. The molecular formula is C20H17ClF3N3O3S. The maximum absolute atomic E-state index is 12.8. The molecular weight excluding hydrogens is 455 g/mol. The molecule has 0 aliphatic rings. The molecule has 0 unspecified atom stereocenters. The normalized spacial score (nSPS) is 12.0. The van der Waals surface area contributed by atoms with Crippen molar-refractivity contribution < 1.29 is 26.4 Å². The molecule has 0 aliphatic carbocycles. The molecule has 0 saturated heterocycles. The molecule has 31 heavy (non-hydrogen) atoms. The average molecular weight is 472 g/mol. The third kappa shape index (κ3) is 6.08. The second kappa shape index (κ2) is 8.72. The van der Waals surface area contributed by atoms with E-state index >= 15 is 0 Å². The Bertz CT molecular complexity index is 1190. The minimum atomic E-state index is -4.45. The maximum Gasteiger partial charge on any atom is 0.416 e. The van der Waals surface area contributed by atoms with E-state index < -0.39 is 27.7 Å². The minimum absolute atomic E-state index is 0.119. The van der Waals surface area contributed by atoms with Crippen molar-refractivity contribution in [2.45, 2.75) is 19.0 Å². The van der Waals surface area contributed by atoms with E-state index in [1.165, 1.54) is 16.8 Å². The van der Waals surface area contributed by atoms with E-state index in [4.69, 9.17) is 11.6 Å². The van der Waals surface area contributed by atoms with Gasteiger partial charge in [0.1, 0.15) is 0 Å². The van der Waals surface area contributed by atoms with Gasteiger partial charge in [0, 0.05) is 23.2 Å². The second-order valence-electron chi connectivity index (χ2n) is 6.80. The molecule has 3 rings (SSSR count). The molecule has 2 aromatic carbocycles. The monoisotopic (exact) mass is 471 g/mol. The highest BCUT2D eigenvalue weighted by atomic mass is 35.5. The summed E-state index contributed by atoms with van der Waals surface area (Å²) in [6.07, 6.45) is -1.92. The number of nitrogens with one attached hydrogen (secondary N) is 1. The van der Waals surface area contributed by atoms with Crippen LogP contribution in [0.4, 0.5) is 13.2 Å². The van der Waals surface area contributed by atoms with Crippen LogP contribution in [0.2, 0.25) is 5.02 Å². The van der Waals surface area contributed by atoms with Crippen LogP contribution in [0.15, 0.2) is 54.7 Å². The summed E-state index contributed by atoms with van der Waals surface area (Å²) < 4.78 is 64.2. The summed E-state index contributed by atoms with van der Waals surface area (Å²) >= 11 is 5.93. The van der Waals surface area contributed by atoms with Gasteiger partial charge in [0.2, 0.25) is 15.9 Å². The summed E-state index contributed by atoms with van der Waals surface area (Å²) in [6.45, 7) is 0. The lowest BCUT2D eigenvalue weighted by Gasteiger charge is -2.07. The van der Waals surface area contributed by atoms with Crippen molar-refractivity contribution in [3.63, 3.8) is 0 Å². The van der Waals surface area contributed by atoms with Gasteiger partial charge in [0.05, 0.1) is 23.2 Å². The zero-order valence-corrected chi connectivity index (χ0v) is 17.7. The topological polar surface area (TPSA) is 81.1 Å². The largest absolute Gasteiger partial charge is 0.416 e. The van der Waals surface area contributed by atoms with Gasteiger partial charge in [-0.15, -0.1) is 0 Å². The SMILES string of the molecule is CS(=O)(=O)NC(=O)CCc1cn(-c2ccc(C(F)(F)F)cc2)nc1-c1ccc(Cl)cc1. The fraction of sp³-hybridized carbons (Fsp3) is 0.200. The molecule has 1 amide bonds. The number of alkyl halides is 3. The highest BCUT2D eigenvalue weighted by molar-refractivity contribution is 7.89. The van der Waals surface area contributed by atoms with E-state index in [0.717, 1.165) is 18.4 Å². The Kier molecular flexibility index (Phi) is 6.42. The van der Waals surface area contributed by atoms with Gasteiger partial charge in [0.25, 0.3) is 0 Å². The summed E-state index contributed by atoms with van der Waals surface area (Å²) in [5.74, 6) is -0.674. The van der Waals surface area contributed by atoms with Crippen LogP contribution in [-0.2, 0) is 27.4 Å². The molecule has 0 fully saturated rings. The first-order valence-corrected chi connectivity index (χ1v) is 11.2. The lowest BCUT2D eigenvalue weighted by molar-refractivity contribution is -0.137. The number of rotatable bonds is 6. The number of nitrogens with zero attached hydrogens (tertiary/aromatic N) is 2. The second-order valence-corrected chi connectivity index (χ2v) is 8.98. The van der Waals surface area contributed by atoms with Crippen molar-refractivity contribution in [2.75, 3.05) is 6.26 Å². The molecule has 0 radical (unpaired) electrons. The Labute approximate surface area is 181 Å². The van der Waals surface area contributed by atoms with E-state index in [1.807, 2.05) is 4.72 Å². The number of amides is 1. The van der Waals surface area contributed by atoms with E-state index in [-0.39, 0.29) is 12.8 Å². The number of benzene rings is 2. The molecule has 0 atom stereocenters. The number of carbonyl (C=O) groups excluding carboxylic acids is 1. The fourth-order valence-electron chi connectivity index (χ4n) is 2.88. The quantitative estimate of drug-likeness (QED) is 0.583. The predicted molar refractivity (Wildman–Crippen MR) is 110 cm³/mol. The molecule has 6 nitrogen and oxygen atoms in total. The van der Waals surface area contributed by atoms with Crippen LogP contribution >= 0.6 is 11.6 Å². The number of hydrogen-bond donors (Lipinski definition) is 1. The molecule has 11 heteroatoms. The molecule has 3 aromatic rings. The Morgan fingerprint density at radius 1 is 1.10 bits per heavy atom. The van der Waals surface area contributed by atoms with Gasteiger partial charge in [-0.3, -0.25) is 9.52 Å². The van der Waals surface area contributed by atoms with Crippen molar-refractivity contribution >= 4 is 27.5 Å². The van der Waals surface area contributed by atoms with Gasteiger partial charge >= 0.3 is 6.18 Å². The summed E-state index contributed by atoms with van der Waals surface area (Å²) in [5, 5.41) is 4.98. The Morgan fingerprint density at radius 2 is 1.71 bits per heavy atom. The number of sulfonamides is 1. The minimum Gasteiger partial charge on any atom is -0.274 e. The van der Waals surface area contributed by atoms with Crippen LogP contribution in [0.5, 0.6) is 0 Å². The van der Waals surface area contributed by atoms with E-state index in [9.17, 15) is 26.4 Å². The summed E-state index contributed by atoms with van der Waals surface area (Å²) in [5.41, 5.74) is 1.43. The van der Waals surface area contributed by atoms with E-state index in [2.05, 4.69) is 5.10 Å². The van der Waals surface area contributed by atoms with Crippen molar-refractivity contribution in [3.05, 3.63) is 70.9 Å². The Hall–Kier alpha value is -2.85. The average Bonchev–Trinajstić information content (AvgIpc) is 3.09. The number of aryl methyl sites for hydroxylation is 1. The first-order chi connectivity index (χ1) is 14.4. The third-order valence-corrected chi connectivity index (χ3v) is 5.14. The van der Waals surface area contributed by atoms with Crippen LogP contribution in [-0.4, -0.2) is 30.4 Å². The highest BCUT2D eigenvalue weighted by Gasteiger charge is 2.30. The smallest absolute Gasteiger partial charge is 0.274 e. The highest BCUT2D eigenvalue weighted by Crippen LogP contribution is 2.30. The molecule has 0 aliphatic heterocycles. The third-order valence-electron chi connectivity index (χ3n) is 4.29. The molecule has 164 valence electrons. The molecule has 1 N–H and O–H groups in total. The van der Waals surface area contributed by atoms with Gasteiger partial charge in [-0.05, 0) is 48.4 Å². The zero-order chi connectivity index (χ0) is 22.8. The Morgan fingerprint density at radius 3 is 2.26 bits per heavy atom. The predicted octanol–water partition coefficient (Wildman–Crippen LogP) is 4.22. The van der Waals surface area contributed by atoms with Crippen molar-refractivity contribution in [3.8, 4) is 16.9 Å². The van der Waals surface area contributed by atoms with Gasteiger partial charge in [-0.2, -0.15) is 18.3 Å². The van der Waals surface area contributed by atoms with Crippen molar-refractivity contribution in [1.29, 1.82) is 0 Å². The maximum atomic E-state index is 12.8. The zero-order valence-electron chi connectivity index (χ0n) is 16.1. The van der Waals surface area contributed by atoms with Crippen molar-refractivity contribution in [2.24, 2.45) is 0 Å². The number of hydrogen-bond acceptors (Lipinski definition) is 4. The number of carbonyl (C=O) groups is 1. The van der Waals surface area contributed by atoms with Gasteiger partial charge in [-0.1, -0.05) is 23.7 Å². The van der Waals surface area contributed by atoms with Crippen molar-refractivity contribution in [1.82, 2.24) is 14.5 Å². The number of aromatic nitrogens is 2. The van der Waals surface area contributed by atoms with Crippen LogP contribution in [0, 0.1) is 0 Å². The van der Waals surface area contributed by atoms with Gasteiger partial charge in [-0.25, -0.2) is 13.1 Å². The first-order valence-electron chi connectivity index (χ1n) is 8.95. The lowest BCUT2D eigenvalue weighted by Crippen LogP contribution is -2.29. The Balaban J connectivity index is 1.94. The van der Waals surface area contributed by atoms with Crippen LogP contribution in [0.1, 0.15) is 17.5 Å². The number of halogens is 4.